The van der Waals surface area contributed by atoms with E-state index in [1.54, 1.807) is 7.11 Å². The monoisotopic (exact) mass is 288 g/mol. The lowest BCUT2D eigenvalue weighted by atomic mass is 9.95. The minimum Gasteiger partial charge on any atom is -0.497 e. The lowest BCUT2D eigenvalue weighted by Crippen LogP contribution is -2.36. The van der Waals surface area contributed by atoms with E-state index in [1.165, 1.54) is 50.9 Å². The van der Waals surface area contributed by atoms with Crippen molar-refractivity contribution in [1.82, 2.24) is 10.2 Å². The van der Waals surface area contributed by atoms with Crippen LogP contribution in [-0.4, -0.2) is 38.7 Å². The zero-order chi connectivity index (χ0) is 14.7. The molecule has 0 amide bonds. The molecule has 0 spiro atoms. The average Bonchev–Trinajstić information content (AvgIpc) is 3.35. The first-order valence-electron chi connectivity index (χ1n) is 8.32. The molecular formula is C18H28N2O. The van der Waals surface area contributed by atoms with Gasteiger partial charge in [-0.1, -0.05) is 12.1 Å². The van der Waals surface area contributed by atoms with Crippen LogP contribution in [0.2, 0.25) is 0 Å². The normalized spacial score (nSPS) is 22.2. The molecule has 1 aliphatic carbocycles. The van der Waals surface area contributed by atoms with Gasteiger partial charge in [0.25, 0.3) is 0 Å². The van der Waals surface area contributed by atoms with E-state index in [1.807, 2.05) is 0 Å². The zero-order valence-electron chi connectivity index (χ0n) is 13.3. The maximum Gasteiger partial charge on any atom is 0.118 e. The number of ether oxygens (including phenoxy) is 1. The highest BCUT2D eigenvalue weighted by molar-refractivity contribution is 5.30. The van der Waals surface area contributed by atoms with Gasteiger partial charge in [-0.05, 0) is 81.9 Å². The lowest BCUT2D eigenvalue weighted by molar-refractivity contribution is 0.211. The fourth-order valence-electron chi connectivity index (χ4n) is 3.36. The minimum atomic E-state index is 0.538. The summed E-state index contributed by atoms with van der Waals surface area (Å²) in [6, 6.07) is 9.16. The number of rotatable bonds is 6. The van der Waals surface area contributed by atoms with Crippen LogP contribution in [0.3, 0.4) is 0 Å². The Labute approximate surface area is 128 Å². The Morgan fingerprint density at radius 1 is 1.14 bits per heavy atom. The summed E-state index contributed by atoms with van der Waals surface area (Å²) in [5, 5.41) is 3.86. The van der Waals surface area contributed by atoms with E-state index >= 15 is 0 Å². The molecule has 1 saturated carbocycles. The summed E-state index contributed by atoms with van der Waals surface area (Å²) in [4.78, 5) is 2.44. The van der Waals surface area contributed by atoms with Crippen molar-refractivity contribution >= 4 is 0 Å². The van der Waals surface area contributed by atoms with E-state index in [9.17, 15) is 0 Å². The van der Waals surface area contributed by atoms with E-state index in [-0.39, 0.29) is 0 Å². The van der Waals surface area contributed by atoms with Gasteiger partial charge in [0.2, 0.25) is 0 Å². The maximum atomic E-state index is 5.27. The smallest absolute Gasteiger partial charge is 0.118 e. The molecule has 0 bridgehead atoms. The van der Waals surface area contributed by atoms with E-state index in [4.69, 9.17) is 4.74 Å². The molecular weight excluding hydrogens is 260 g/mol. The third kappa shape index (κ3) is 3.98. The van der Waals surface area contributed by atoms with Crippen molar-refractivity contribution in [3.8, 4) is 5.75 Å². The number of hydrogen-bond donors (Lipinski definition) is 1. The highest BCUT2D eigenvalue weighted by atomic mass is 16.5. The number of nitrogens with one attached hydrogen (secondary N) is 1. The van der Waals surface area contributed by atoms with Crippen molar-refractivity contribution < 1.29 is 4.74 Å². The average molecular weight is 288 g/mol. The Morgan fingerprint density at radius 2 is 1.81 bits per heavy atom. The SMILES string of the molecule is COc1ccc(C(NCC2CCN(C)CC2)C2CC2)cc1. The molecule has 0 radical (unpaired) electrons. The van der Waals surface area contributed by atoms with Crippen molar-refractivity contribution in [2.45, 2.75) is 31.7 Å². The van der Waals surface area contributed by atoms with Crippen molar-refractivity contribution in [3.63, 3.8) is 0 Å². The van der Waals surface area contributed by atoms with E-state index in [0.717, 1.165) is 17.6 Å². The summed E-state index contributed by atoms with van der Waals surface area (Å²) in [5.41, 5.74) is 1.42. The van der Waals surface area contributed by atoms with Crippen LogP contribution in [0.5, 0.6) is 5.75 Å². The van der Waals surface area contributed by atoms with Crippen molar-refractivity contribution in [2.24, 2.45) is 11.8 Å². The van der Waals surface area contributed by atoms with E-state index in [2.05, 4.69) is 41.5 Å². The molecule has 3 nitrogen and oxygen atoms in total. The Hall–Kier alpha value is -1.06. The summed E-state index contributed by atoms with van der Waals surface area (Å²) >= 11 is 0. The van der Waals surface area contributed by atoms with Gasteiger partial charge in [-0.3, -0.25) is 0 Å². The number of methoxy groups -OCH3 is 1. The summed E-state index contributed by atoms with van der Waals surface area (Å²) in [7, 11) is 3.96. The second-order valence-corrected chi connectivity index (χ2v) is 6.74. The predicted molar refractivity (Wildman–Crippen MR) is 86.7 cm³/mol. The van der Waals surface area contributed by atoms with Crippen LogP contribution >= 0.6 is 0 Å². The summed E-state index contributed by atoms with van der Waals surface area (Å²) < 4.78 is 5.27. The second-order valence-electron chi connectivity index (χ2n) is 6.74. The van der Waals surface area contributed by atoms with Crippen molar-refractivity contribution in [2.75, 3.05) is 33.8 Å². The van der Waals surface area contributed by atoms with Gasteiger partial charge in [0.05, 0.1) is 7.11 Å². The first kappa shape index (κ1) is 14.9. The molecule has 2 fully saturated rings. The van der Waals surface area contributed by atoms with Crippen molar-refractivity contribution in [3.05, 3.63) is 29.8 Å². The molecule has 21 heavy (non-hydrogen) atoms. The highest BCUT2D eigenvalue weighted by Crippen LogP contribution is 2.41. The molecule has 1 aliphatic heterocycles. The van der Waals surface area contributed by atoms with Crippen LogP contribution in [0.25, 0.3) is 0 Å². The Bertz CT molecular complexity index is 433. The van der Waals surface area contributed by atoms with E-state index in [0.29, 0.717) is 6.04 Å². The summed E-state index contributed by atoms with van der Waals surface area (Å²) in [6.07, 6.45) is 5.42. The summed E-state index contributed by atoms with van der Waals surface area (Å²) in [5.74, 6) is 2.63. The van der Waals surface area contributed by atoms with Crippen LogP contribution in [-0.2, 0) is 0 Å². The van der Waals surface area contributed by atoms with Gasteiger partial charge in [0, 0.05) is 6.04 Å². The van der Waals surface area contributed by atoms with Gasteiger partial charge in [0.15, 0.2) is 0 Å². The lowest BCUT2D eigenvalue weighted by Gasteiger charge is -2.30. The largest absolute Gasteiger partial charge is 0.497 e. The molecule has 0 aromatic heterocycles. The van der Waals surface area contributed by atoms with Gasteiger partial charge in [0.1, 0.15) is 5.75 Å². The molecule has 116 valence electrons. The van der Waals surface area contributed by atoms with Gasteiger partial charge < -0.3 is 15.0 Å². The van der Waals surface area contributed by atoms with E-state index < -0.39 is 0 Å². The Balaban J connectivity index is 1.57. The quantitative estimate of drug-likeness (QED) is 0.870. The molecule has 1 N–H and O–H groups in total. The molecule has 3 rings (SSSR count). The third-order valence-electron chi connectivity index (χ3n) is 5.03. The topological polar surface area (TPSA) is 24.5 Å². The van der Waals surface area contributed by atoms with Gasteiger partial charge in [-0.15, -0.1) is 0 Å². The number of piperidine rings is 1. The number of nitrogens with zero attached hydrogens (tertiary/aromatic N) is 1. The van der Waals surface area contributed by atoms with Crippen molar-refractivity contribution in [1.29, 1.82) is 0 Å². The number of benzene rings is 1. The molecule has 1 atom stereocenters. The van der Waals surface area contributed by atoms with Gasteiger partial charge >= 0.3 is 0 Å². The van der Waals surface area contributed by atoms with Crippen LogP contribution in [0.1, 0.15) is 37.3 Å². The highest BCUT2D eigenvalue weighted by Gasteiger charge is 2.32. The fourth-order valence-corrected chi connectivity index (χ4v) is 3.36. The number of hydrogen-bond acceptors (Lipinski definition) is 3. The Kier molecular flexibility index (Phi) is 4.81. The fraction of sp³-hybridized carbons (Fsp3) is 0.667. The molecule has 1 aromatic rings. The summed E-state index contributed by atoms with van der Waals surface area (Å²) in [6.45, 7) is 3.67. The first-order chi connectivity index (χ1) is 10.3. The van der Waals surface area contributed by atoms with Crippen LogP contribution in [0, 0.1) is 11.8 Å². The Morgan fingerprint density at radius 3 is 2.38 bits per heavy atom. The maximum absolute atomic E-state index is 5.27. The standard InChI is InChI=1S/C18H28N2O/c1-20-11-9-14(10-12-20)13-19-18(15-3-4-15)16-5-7-17(21-2)8-6-16/h5-8,14-15,18-19H,3-4,9-13H2,1-2H3. The molecule has 2 aliphatic rings. The number of likely N-dealkylation sites (tertiary alicyclic amines) is 1. The first-order valence-corrected chi connectivity index (χ1v) is 8.32. The molecule has 1 heterocycles. The molecule has 3 heteroatoms. The van der Waals surface area contributed by atoms with Gasteiger partial charge in [-0.25, -0.2) is 0 Å². The molecule has 1 saturated heterocycles. The van der Waals surface area contributed by atoms with Crippen LogP contribution < -0.4 is 10.1 Å². The third-order valence-corrected chi connectivity index (χ3v) is 5.03. The van der Waals surface area contributed by atoms with Crippen LogP contribution in [0.15, 0.2) is 24.3 Å². The van der Waals surface area contributed by atoms with Gasteiger partial charge in [-0.2, -0.15) is 0 Å². The zero-order valence-corrected chi connectivity index (χ0v) is 13.3. The predicted octanol–water partition coefficient (Wildman–Crippen LogP) is 3.08. The molecule has 1 unspecified atom stereocenters. The van der Waals surface area contributed by atoms with Crippen LogP contribution in [0.4, 0.5) is 0 Å². The second kappa shape index (κ2) is 6.80. The minimum absolute atomic E-state index is 0.538. The molecule has 1 aromatic carbocycles.